The van der Waals surface area contributed by atoms with E-state index in [1.54, 1.807) is 0 Å². The van der Waals surface area contributed by atoms with Gasteiger partial charge in [-0.15, -0.1) is 0 Å². The van der Waals surface area contributed by atoms with E-state index in [1.807, 2.05) is 0 Å². The van der Waals surface area contributed by atoms with Gasteiger partial charge in [0.2, 0.25) is 5.91 Å². The van der Waals surface area contributed by atoms with Crippen molar-refractivity contribution >= 4 is 27.7 Å². The number of carbonyl (C=O) groups is 1. The van der Waals surface area contributed by atoms with Crippen LogP contribution in [0, 0.1) is 15.9 Å². The number of nitrogens with two attached hydrogens (primary N) is 1. The van der Waals surface area contributed by atoms with Crippen LogP contribution in [-0.4, -0.2) is 20.6 Å². The monoisotopic (exact) mass is 342 g/mol. The summed E-state index contributed by atoms with van der Waals surface area (Å²) in [6, 6.07) is 3.67. The maximum Gasteiger partial charge on any atom is 0.404 e. The fourth-order valence-corrected chi connectivity index (χ4v) is 2.08. The number of nitro groups is 1. The van der Waals surface area contributed by atoms with Crippen molar-refractivity contribution in [1.82, 2.24) is 9.78 Å². The standard InChI is InChI=1S/C11H8BrFN4O3/c12-8-5-16(15-11(8)17(19)20)4-7-3-6(10(14)18)1-2-9(7)13/h1-3,5H,4H2,(H2,14,18). The van der Waals surface area contributed by atoms with Crippen LogP contribution in [0.4, 0.5) is 10.2 Å². The first-order chi connectivity index (χ1) is 9.38. The predicted molar refractivity (Wildman–Crippen MR) is 70.6 cm³/mol. The topological polar surface area (TPSA) is 104 Å². The average Bonchev–Trinajstić information content (AvgIpc) is 2.73. The van der Waals surface area contributed by atoms with Crippen molar-refractivity contribution in [3.63, 3.8) is 0 Å². The van der Waals surface area contributed by atoms with Crippen LogP contribution >= 0.6 is 15.9 Å². The second kappa shape index (κ2) is 5.37. The Morgan fingerprint density at radius 1 is 1.55 bits per heavy atom. The van der Waals surface area contributed by atoms with Gasteiger partial charge in [-0.25, -0.2) is 4.39 Å². The largest absolute Gasteiger partial charge is 0.404 e. The van der Waals surface area contributed by atoms with Gasteiger partial charge >= 0.3 is 5.82 Å². The van der Waals surface area contributed by atoms with E-state index in [4.69, 9.17) is 5.73 Å². The van der Waals surface area contributed by atoms with E-state index < -0.39 is 16.6 Å². The highest BCUT2D eigenvalue weighted by molar-refractivity contribution is 9.10. The van der Waals surface area contributed by atoms with Gasteiger partial charge in [0, 0.05) is 11.1 Å². The Bertz CT molecular complexity index is 701. The van der Waals surface area contributed by atoms with Crippen molar-refractivity contribution in [2.75, 3.05) is 0 Å². The summed E-state index contributed by atoms with van der Waals surface area (Å²) in [5, 5.41) is 14.4. The summed E-state index contributed by atoms with van der Waals surface area (Å²) in [6.07, 6.45) is 1.36. The van der Waals surface area contributed by atoms with Crippen molar-refractivity contribution in [2.24, 2.45) is 5.73 Å². The highest BCUT2D eigenvalue weighted by Gasteiger charge is 2.19. The molecule has 1 aromatic heterocycles. The zero-order chi connectivity index (χ0) is 14.9. The number of hydrogen-bond donors (Lipinski definition) is 1. The van der Waals surface area contributed by atoms with Gasteiger partial charge < -0.3 is 15.8 Å². The van der Waals surface area contributed by atoms with E-state index in [0.29, 0.717) is 0 Å². The van der Waals surface area contributed by atoms with Crippen molar-refractivity contribution in [3.05, 3.63) is 55.9 Å². The van der Waals surface area contributed by atoms with Gasteiger partial charge in [-0.2, -0.15) is 4.68 Å². The number of aromatic nitrogens is 2. The van der Waals surface area contributed by atoms with Crippen molar-refractivity contribution in [2.45, 2.75) is 6.54 Å². The molecule has 0 bridgehead atoms. The summed E-state index contributed by atoms with van der Waals surface area (Å²) in [7, 11) is 0. The van der Waals surface area contributed by atoms with Crippen molar-refractivity contribution < 1.29 is 14.1 Å². The Hall–Kier alpha value is -2.29. The molecule has 9 heteroatoms. The van der Waals surface area contributed by atoms with Crippen LogP contribution in [0.15, 0.2) is 28.9 Å². The molecule has 104 valence electrons. The van der Waals surface area contributed by atoms with E-state index in [-0.39, 0.29) is 28.0 Å². The zero-order valence-electron chi connectivity index (χ0n) is 9.92. The van der Waals surface area contributed by atoms with Crippen LogP contribution in [0.5, 0.6) is 0 Å². The van der Waals surface area contributed by atoms with Gasteiger partial charge in [0.15, 0.2) is 0 Å². The molecule has 2 N–H and O–H groups in total. The minimum absolute atomic E-state index is 0.0562. The predicted octanol–water partition coefficient (Wildman–Crippen LogP) is 1.84. The van der Waals surface area contributed by atoms with Crippen LogP contribution in [0.2, 0.25) is 0 Å². The number of nitrogens with zero attached hydrogens (tertiary/aromatic N) is 3. The summed E-state index contributed by atoms with van der Waals surface area (Å²) in [4.78, 5) is 21.1. The molecule has 20 heavy (non-hydrogen) atoms. The Morgan fingerprint density at radius 2 is 2.25 bits per heavy atom. The highest BCUT2D eigenvalue weighted by atomic mass is 79.9. The fourth-order valence-electron chi connectivity index (χ4n) is 1.62. The molecule has 0 saturated heterocycles. The third-order valence-electron chi connectivity index (χ3n) is 2.53. The lowest BCUT2D eigenvalue weighted by molar-refractivity contribution is -0.390. The van der Waals surface area contributed by atoms with E-state index in [1.165, 1.54) is 23.0 Å². The van der Waals surface area contributed by atoms with Crippen LogP contribution in [0.1, 0.15) is 15.9 Å². The number of halogens is 2. The first-order valence-corrected chi connectivity index (χ1v) is 6.13. The molecule has 0 spiro atoms. The molecule has 0 unspecified atom stereocenters. The fraction of sp³-hybridized carbons (Fsp3) is 0.0909. The number of rotatable bonds is 4. The van der Waals surface area contributed by atoms with Crippen LogP contribution in [-0.2, 0) is 6.54 Å². The van der Waals surface area contributed by atoms with E-state index >= 15 is 0 Å². The molecular formula is C11H8BrFN4O3. The summed E-state index contributed by atoms with van der Waals surface area (Å²) in [5.74, 6) is -1.60. The SMILES string of the molecule is NC(=O)c1ccc(F)c(Cn2cc(Br)c([N+](=O)[O-])n2)c1. The molecule has 1 amide bonds. The summed E-state index contributed by atoms with van der Waals surface area (Å²) >= 11 is 2.99. The van der Waals surface area contributed by atoms with Crippen molar-refractivity contribution in [1.29, 1.82) is 0 Å². The average molecular weight is 343 g/mol. The lowest BCUT2D eigenvalue weighted by atomic mass is 10.1. The number of primary amides is 1. The maximum atomic E-state index is 13.6. The molecule has 0 fully saturated rings. The van der Waals surface area contributed by atoms with Crippen molar-refractivity contribution in [3.8, 4) is 0 Å². The number of amides is 1. The second-order valence-electron chi connectivity index (χ2n) is 3.93. The molecular weight excluding hydrogens is 335 g/mol. The third kappa shape index (κ3) is 2.82. The molecule has 1 heterocycles. The molecule has 0 radical (unpaired) electrons. The molecule has 0 aliphatic heterocycles. The second-order valence-corrected chi connectivity index (χ2v) is 4.78. The summed E-state index contributed by atoms with van der Waals surface area (Å²) < 4.78 is 15.0. The Balaban J connectivity index is 2.34. The molecule has 7 nitrogen and oxygen atoms in total. The van der Waals surface area contributed by atoms with E-state index in [2.05, 4.69) is 21.0 Å². The molecule has 0 aliphatic carbocycles. The molecule has 1 aromatic carbocycles. The van der Waals surface area contributed by atoms with E-state index in [9.17, 15) is 19.3 Å². The summed E-state index contributed by atoms with van der Waals surface area (Å²) in [6.45, 7) is -0.0562. The number of carbonyl (C=O) groups excluding carboxylic acids is 1. The highest BCUT2D eigenvalue weighted by Crippen LogP contribution is 2.23. The Kier molecular flexibility index (Phi) is 3.79. The number of hydrogen-bond acceptors (Lipinski definition) is 4. The van der Waals surface area contributed by atoms with Gasteiger partial charge in [0.25, 0.3) is 0 Å². The Morgan fingerprint density at radius 3 is 2.80 bits per heavy atom. The molecule has 0 saturated carbocycles. The van der Waals surface area contributed by atoms with Crippen LogP contribution < -0.4 is 5.73 Å². The molecule has 0 atom stereocenters. The first-order valence-electron chi connectivity index (χ1n) is 5.34. The Labute approximate surface area is 120 Å². The first kappa shape index (κ1) is 14.1. The van der Waals surface area contributed by atoms with E-state index in [0.717, 1.165) is 6.07 Å². The number of benzene rings is 1. The maximum absolute atomic E-state index is 13.6. The molecule has 2 rings (SSSR count). The lowest BCUT2D eigenvalue weighted by Gasteiger charge is -2.03. The lowest BCUT2D eigenvalue weighted by Crippen LogP contribution is -2.12. The quantitative estimate of drug-likeness (QED) is 0.676. The third-order valence-corrected chi connectivity index (χ3v) is 3.09. The molecule has 0 aliphatic rings. The molecule has 2 aromatic rings. The van der Waals surface area contributed by atoms with Gasteiger partial charge in [-0.1, -0.05) is 0 Å². The minimum Gasteiger partial charge on any atom is -0.366 e. The van der Waals surface area contributed by atoms with Gasteiger partial charge in [-0.3, -0.25) is 4.79 Å². The smallest absolute Gasteiger partial charge is 0.366 e. The minimum atomic E-state index is -0.682. The van der Waals surface area contributed by atoms with Crippen LogP contribution in [0.25, 0.3) is 0 Å². The van der Waals surface area contributed by atoms with Gasteiger partial charge in [0.05, 0.1) is 17.8 Å². The zero-order valence-corrected chi connectivity index (χ0v) is 11.5. The van der Waals surface area contributed by atoms with Gasteiger partial charge in [0.1, 0.15) is 10.3 Å². The summed E-state index contributed by atoms with van der Waals surface area (Å²) in [5.41, 5.74) is 5.43. The van der Waals surface area contributed by atoms with Gasteiger partial charge in [-0.05, 0) is 39.1 Å². The normalized spacial score (nSPS) is 10.5. The van der Waals surface area contributed by atoms with Crippen LogP contribution in [0.3, 0.4) is 0 Å².